The minimum atomic E-state index is -0.399. The Labute approximate surface area is 131 Å². The van der Waals surface area contributed by atoms with Crippen molar-refractivity contribution in [3.05, 3.63) is 18.0 Å². The monoisotopic (exact) mass is 307 g/mol. The average molecular weight is 307 g/mol. The van der Waals surface area contributed by atoms with E-state index in [0.717, 1.165) is 5.69 Å². The van der Waals surface area contributed by atoms with Crippen molar-refractivity contribution in [2.75, 3.05) is 19.6 Å². The number of hydrogen-bond donors (Lipinski definition) is 1. The molecule has 1 atom stereocenters. The zero-order valence-electron chi connectivity index (χ0n) is 13.5. The number of rotatable bonds is 5. The van der Waals surface area contributed by atoms with Crippen molar-refractivity contribution in [1.82, 2.24) is 19.6 Å². The number of amides is 2. The largest absolute Gasteiger partial charge is 0.368 e. The van der Waals surface area contributed by atoms with Crippen LogP contribution >= 0.6 is 0 Å². The molecule has 22 heavy (non-hydrogen) atoms. The number of piperazine rings is 1. The van der Waals surface area contributed by atoms with Gasteiger partial charge in [-0.15, -0.1) is 0 Å². The lowest BCUT2D eigenvalue weighted by Gasteiger charge is -2.42. The first kappa shape index (κ1) is 16.5. The Morgan fingerprint density at radius 1 is 1.41 bits per heavy atom. The lowest BCUT2D eigenvalue weighted by molar-refractivity contribution is -0.138. The maximum absolute atomic E-state index is 12.4. The zero-order valence-corrected chi connectivity index (χ0v) is 13.5. The van der Waals surface area contributed by atoms with Crippen LogP contribution in [0.25, 0.3) is 0 Å². The third kappa shape index (κ3) is 3.65. The first-order chi connectivity index (χ1) is 10.4. The number of primary amides is 1. The number of hydrogen-bond acceptors (Lipinski definition) is 4. The maximum Gasteiger partial charge on any atom is 0.236 e. The molecular formula is C15H25N5O2. The minimum Gasteiger partial charge on any atom is -0.368 e. The van der Waals surface area contributed by atoms with E-state index < -0.39 is 6.04 Å². The summed E-state index contributed by atoms with van der Waals surface area (Å²) >= 11 is 0. The molecule has 1 saturated heterocycles. The summed E-state index contributed by atoms with van der Waals surface area (Å²) in [4.78, 5) is 27.8. The van der Waals surface area contributed by atoms with Crippen molar-refractivity contribution in [3.8, 4) is 0 Å². The van der Waals surface area contributed by atoms with E-state index in [2.05, 4.69) is 10.00 Å². The molecule has 7 nitrogen and oxygen atoms in total. The number of carbonyl (C=O) groups excluding carboxylic acids is 2. The van der Waals surface area contributed by atoms with E-state index >= 15 is 0 Å². The predicted octanol–water partition coefficient (Wildman–Crippen LogP) is -0.0119. The van der Waals surface area contributed by atoms with Gasteiger partial charge >= 0.3 is 0 Å². The molecule has 0 radical (unpaired) electrons. The molecular weight excluding hydrogens is 282 g/mol. The third-order valence-corrected chi connectivity index (χ3v) is 4.23. The molecule has 0 spiro atoms. The van der Waals surface area contributed by atoms with Crippen LogP contribution in [0.2, 0.25) is 0 Å². The topological polar surface area (TPSA) is 84.5 Å². The summed E-state index contributed by atoms with van der Waals surface area (Å²) < 4.78 is 1.81. The minimum absolute atomic E-state index is 0.0459. The van der Waals surface area contributed by atoms with Crippen LogP contribution in [-0.4, -0.2) is 63.1 Å². The number of aromatic nitrogens is 2. The molecule has 2 N–H and O–H groups in total. The highest BCUT2D eigenvalue weighted by Crippen LogP contribution is 2.14. The molecule has 1 aromatic heterocycles. The van der Waals surface area contributed by atoms with Crippen molar-refractivity contribution in [1.29, 1.82) is 0 Å². The lowest BCUT2D eigenvalue weighted by atomic mass is 10.1. The van der Waals surface area contributed by atoms with Gasteiger partial charge in [0.05, 0.1) is 0 Å². The molecule has 1 fully saturated rings. The van der Waals surface area contributed by atoms with Gasteiger partial charge in [-0.25, -0.2) is 0 Å². The number of nitrogens with zero attached hydrogens (tertiary/aromatic N) is 4. The van der Waals surface area contributed by atoms with E-state index in [1.807, 2.05) is 31.5 Å². The van der Waals surface area contributed by atoms with Gasteiger partial charge in [0, 0.05) is 50.5 Å². The number of aryl methyl sites for hydroxylation is 2. The van der Waals surface area contributed by atoms with E-state index in [9.17, 15) is 9.59 Å². The summed E-state index contributed by atoms with van der Waals surface area (Å²) in [5.74, 6) is -0.321. The van der Waals surface area contributed by atoms with E-state index in [0.29, 0.717) is 32.6 Å². The predicted molar refractivity (Wildman–Crippen MR) is 83.0 cm³/mol. The fourth-order valence-corrected chi connectivity index (χ4v) is 2.89. The third-order valence-electron chi connectivity index (χ3n) is 4.23. The second kappa shape index (κ2) is 6.91. The molecule has 1 aliphatic heterocycles. The Kier molecular flexibility index (Phi) is 5.18. The first-order valence-corrected chi connectivity index (χ1v) is 7.71. The number of carbonyl (C=O) groups is 2. The van der Waals surface area contributed by atoms with Crippen LogP contribution in [0.5, 0.6) is 0 Å². The molecule has 1 aliphatic rings. The highest BCUT2D eigenvalue weighted by molar-refractivity contribution is 5.82. The lowest BCUT2D eigenvalue weighted by Crippen LogP contribution is -2.61. The highest BCUT2D eigenvalue weighted by atomic mass is 16.2. The second-order valence-electron chi connectivity index (χ2n) is 6.04. The van der Waals surface area contributed by atoms with Gasteiger partial charge in [-0.1, -0.05) is 0 Å². The van der Waals surface area contributed by atoms with E-state index in [1.165, 1.54) is 0 Å². The van der Waals surface area contributed by atoms with Crippen LogP contribution in [-0.2, 0) is 16.1 Å². The summed E-state index contributed by atoms with van der Waals surface area (Å²) in [6.45, 7) is 8.29. The summed E-state index contributed by atoms with van der Waals surface area (Å²) in [5, 5.41) is 4.17. The van der Waals surface area contributed by atoms with Gasteiger partial charge in [-0.2, -0.15) is 5.10 Å². The van der Waals surface area contributed by atoms with Gasteiger partial charge in [0.1, 0.15) is 6.04 Å². The molecule has 0 saturated carbocycles. The fraction of sp³-hybridized carbons (Fsp3) is 0.667. The van der Waals surface area contributed by atoms with Crippen molar-refractivity contribution in [2.45, 2.75) is 45.8 Å². The summed E-state index contributed by atoms with van der Waals surface area (Å²) in [6, 6.07) is 1.75. The van der Waals surface area contributed by atoms with Crippen LogP contribution in [0.1, 0.15) is 26.0 Å². The molecule has 122 valence electrons. The molecule has 0 aliphatic carbocycles. The van der Waals surface area contributed by atoms with Gasteiger partial charge in [0.15, 0.2) is 0 Å². The SMILES string of the molecule is Cc1ccnn1CCC(=O)N1CCN(C(C)C)[C@H](C(N)=O)C1. The maximum atomic E-state index is 12.4. The average Bonchev–Trinajstić information content (AvgIpc) is 2.89. The van der Waals surface area contributed by atoms with Crippen molar-refractivity contribution in [3.63, 3.8) is 0 Å². The normalized spacial score (nSPS) is 19.6. The van der Waals surface area contributed by atoms with Crippen LogP contribution in [0.4, 0.5) is 0 Å². The molecule has 0 unspecified atom stereocenters. The molecule has 2 amide bonds. The van der Waals surface area contributed by atoms with Gasteiger partial charge in [0.25, 0.3) is 0 Å². The second-order valence-corrected chi connectivity index (χ2v) is 6.04. The Bertz CT molecular complexity index is 540. The fourth-order valence-electron chi connectivity index (χ4n) is 2.89. The molecule has 7 heteroatoms. The van der Waals surface area contributed by atoms with E-state index in [-0.39, 0.29) is 17.9 Å². The van der Waals surface area contributed by atoms with Crippen molar-refractivity contribution >= 4 is 11.8 Å². The van der Waals surface area contributed by atoms with Gasteiger partial charge in [-0.3, -0.25) is 19.2 Å². The zero-order chi connectivity index (χ0) is 16.3. The van der Waals surface area contributed by atoms with Gasteiger partial charge < -0.3 is 10.6 Å². The number of nitrogens with two attached hydrogens (primary N) is 1. The van der Waals surface area contributed by atoms with Crippen molar-refractivity contribution < 1.29 is 9.59 Å². The molecule has 2 heterocycles. The molecule has 0 aromatic carbocycles. The van der Waals surface area contributed by atoms with Gasteiger partial charge in [-0.05, 0) is 26.8 Å². The quantitative estimate of drug-likeness (QED) is 0.829. The molecule has 2 rings (SSSR count). The van der Waals surface area contributed by atoms with E-state index in [1.54, 1.807) is 11.1 Å². The Morgan fingerprint density at radius 3 is 2.68 bits per heavy atom. The summed E-state index contributed by atoms with van der Waals surface area (Å²) in [7, 11) is 0. The Hall–Kier alpha value is -1.89. The standard InChI is InChI=1S/C15H25N5O2/c1-11(2)19-9-8-18(10-13(19)15(16)22)14(21)5-7-20-12(3)4-6-17-20/h4,6,11,13H,5,7-10H2,1-3H3,(H2,16,22)/t13-/m0/s1. The summed E-state index contributed by atoms with van der Waals surface area (Å²) in [6.07, 6.45) is 2.11. The van der Waals surface area contributed by atoms with Crippen LogP contribution in [0.15, 0.2) is 12.3 Å². The van der Waals surface area contributed by atoms with Crippen LogP contribution in [0.3, 0.4) is 0 Å². The smallest absolute Gasteiger partial charge is 0.236 e. The first-order valence-electron chi connectivity index (χ1n) is 7.71. The van der Waals surface area contributed by atoms with Crippen LogP contribution < -0.4 is 5.73 Å². The van der Waals surface area contributed by atoms with Crippen LogP contribution in [0, 0.1) is 6.92 Å². The van der Waals surface area contributed by atoms with Gasteiger partial charge in [0.2, 0.25) is 11.8 Å². The molecule has 1 aromatic rings. The Morgan fingerprint density at radius 2 is 2.14 bits per heavy atom. The summed E-state index contributed by atoms with van der Waals surface area (Å²) in [5.41, 5.74) is 6.53. The highest BCUT2D eigenvalue weighted by Gasteiger charge is 2.34. The molecule has 0 bridgehead atoms. The Balaban J connectivity index is 1.93. The van der Waals surface area contributed by atoms with E-state index in [4.69, 9.17) is 5.73 Å². The van der Waals surface area contributed by atoms with Crippen molar-refractivity contribution in [2.24, 2.45) is 5.73 Å².